The van der Waals surface area contributed by atoms with Crippen molar-refractivity contribution >= 4 is 23.6 Å². The molecule has 0 aliphatic heterocycles. The molecule has 2 aromatic rings. The molecular weight excluding hydrogens is 344 g/mol. The lowest BCUT2D eigenvalue weighted by atomic mass is 10.1. The molecule has 0 atom stereocenters. The summed E-state index contributed by atoms with van der Waals surface area (Å²) in [5.74, 6) is 1.46. The minimum atomic E-state index is -0.501. The lowest BCUT2D eigenvalue weighted by molar-refractivity contribution is -0.128. The largest absolute Gasteiger partial charge is 0.493 e. The molecule has 0 amide bonds. The quantitative estimate of drug-likeness (QED) is 0.436. The van der Waals surface area contributed by atoms with Crippen molar-refractivity contribution < 1.29 is 23.7 Å². The van der Waals surface area contributed by atoms with Crippen LogP contribution in [0.5, 0.6) is 23.0 Å². The van der Waals surface area contributed by atoms with Gasteiger partial charge in [0.15, 0.2) is 11.5 Å². The van der Waals surface area contributed by atoms with Crippen molar-refractivity contribution in [3.8, 4) is 23.0 Å². The smallest absolute Gasteiger partial charge is 0.336 e. The molecule has 0 bridgehead atoms. The molecule has 6 heteroatoms. The van der Waals surface area contributed by atoms with Crippen molar-refractivity contribution in [1.82, 2.24) is 0 Å². The number of rotatable bonds is 6. The van der Waals surface area contributed by atoms with E-state index in [9.17, 15) is 4.79 Å². The van der Waals surface area contributed by atoms with Crippen molar-refractivity contribution in [2.24, 2.45) is 0 Å². The highest BCUT2D eigenvalue weighted by molar-refractivity contribution is 6.30. The first-order chi connectivity index (χ1) is 12.0. The molecular formula is C19H19ClO5. The van der Waals surface area contributed by atoms with Gasteiger partial charge in [-0.15, -0.1) is 0 Å². The molecule has 5 nitrogen and oxygen atoms in total. The highest BCUT2D eigenvalue weighted by Crippen LogP contribution is 2.38. The monoisotopic (exact) mass is 362 g/mol. The van der Waals surface area contributed by atoms with Gasteiger partial charge in [0, 0.05) is 11.1 Å². The number of carbonyl (C=O) groups excluding carboxylic acids is 1. The number of hydrogen-bond acceptors (Lipinski definition) is 5. The predicted octanol–water partition coefficient (Wildman–Crippen LogP) is 4.29. The third-order valence-corrected chi connectivity index (χ3v) is 3.68. The van der Waals surface area contributed by atoms with Crippen LogP contribution in [0.3, 0.4) is 0 Å². The summed E-state index contributed by atoms with van der Waals surface area (Å²) in [6.45, 7) is 1.82. The third kappa shape index (κ3) is 4.67. The average Bonchev–Trinajstić information content (AvgIpc) is 2.61. The summed E-state index contributed by atoms with van der Waals surface area (Å²) in [5, 5.41) is 0.588. The second-order valence-corrected chi connectivity index (χ2v) is 5.56. The van der Waals surface area contributed by atoms with Crippen molar-refractivity contribution in [3.63, 3.8) is 0 Å². The Morgan fingerprint density at radius 3 is 2.12 bits per heavy atom. The zero-order valence-corrected chi connectivity index (χ0v) is 15.2. The maximum atomic E-state index is 12.0. The van der Waals surface area contributed by atoms with Gasteiger partial charge in [0.25, 0.3) is 0 Å². The number of hydrogen-bond donors (Lipinski definition) is 0. The van der Waals surface area contributed by atoms with Crippen LogP contribution in [0.15, 0.2) is 36.4 Å². The summed E-state index contributed by atoms with van der Waals surface area (Å²) < 4.78 is 21.1. The second kappa shape index (κ2) is 8.44. The maximum Gasteiger partial charge on any atom is 0.336 e. The molecule has 0 spiro atoms. The van der Waals surface area contributed by atoms with Crippen LogP contribution in [-0.2, 0) is 4.79 Å². The molecule has 132 valence electrons. The van der Waals surface area contributed by atoms with Gasteiger partial charge in [0.05, 0.1) is 21.3 Å². The normalized spacial score (nSPS) is 10.6. The number of ether oxygens (including phenoxy) is 4. The SMILES string of the molecule is COc1cc(/C=C/C(=O)Oc2ccc(Cl)cc2C)cc(OC)c1OC. The van der Waals surface area contributed by atoms with Gasteiger partial charge in [-0.25, -0.2) is 4.79 Å². The van der Waals surface area contributed by atoms with Crippen LogP contribution in [0.4, 0.5) is 0 Å². The van der Waals surface area contributed by atoms with Gasteiger partial charge in [-0.1, -0.05) is 11.6 Å². The number of carbonyl (C=O) groups is 1. The first-order valence-corrected chi connectivity index (χ1v) is 7.82. The van der Waals surface area contributed by atoms with Gasteiger partial charge in [-0.2, -0.15) is 0 Å². The van der Waals surface area contributed by atoms with E-state index in [4.69, 9.17) is 30.5 Å². The Morgan fingerprint density at radius 2 is 1.60 bits per heavy atom. The van der Waals surface area contributed by atoms with Crippen LogP contribution < -0.4 is 18.9 Å². The zero-order chi connectivity index (χ0) is 18.4. The second-order valence-electron chi connectivity index (χ2n) is 5.12. The summed E-state index contributed by atoms with van der Waals surface area (Å²) in [7, 11) is 4.59. The zero-order valence-electron chi connectivity index (χ0n) is 14.5. The number of aryl methyl sites for hydroxylation is 1. The molecule has 0 saturated carbocycles. The van der Waals surface area contributed by atoms with Crippen LogP contribution >= 0.6 is 11.6 Å². The molecule has 0 N–H and O–H groups in total. The van der Waals surface area contributed by atoms with Gasteiger partial charge in [-0.3, -0.25) is 0 Å². The van der Waals surface area contributed by atoms with E-state index in [1.54, 1.807) is 36.4 Å². The van der Waals surface area contributed by atoms with Crippen molar-refractivity contribution in [1.29, 1.82) is 0 Å². The predicted molar refractivity (Wildman–Crippen MR) is 97.0 cm³/mol. The Hall–Kier alpha value is -2.66. The van der Waals surface area contributed by atoms with Gasteiger partial charge in [0.2, 0.25) is 5.75 Å². The number of esters is 1. The van der Waals surface area contributed by atoms with Gasteiger partial charge < -0.3 is 18.9 Å². The van der Waals surface area contributed by atoms with E-state index in [2.05, 4.69) is 0 Å². The van der Waals surface area contributed by atoms with Crippen LogP contribution in [-0.4, -0.2) is 27.3 Å². The van der Waals surface area contributed by atoms with E-state index >= 15 is 0 Å². The Morgan fingerprint density at radius 1 is 0.960 bits per heavy atom. The molecule has 0 fully saturated rings. The Balaban J connectivity index is 2.19. The molecule has 0 aliphatic rings. The van der Waals surface area contributed by atoms with E-state index < -0.39 is 5.97 Å². The summed E-state index contributed by atoms with van der Waals surface area (Å²) in [4.78, 5) is 12.0. The van der Waals surface area contributed by atoms with Gasteiger partial charge >= 0.3 is 5.97 Å². The Labute approximate surface area is 151 Å². The van der Waals surface area contributed by atoms with Crippen LogP contribution in [0, 0.1) is 6.92 Å². The van der Waals surface area contributed by atoms with Crippen LogP contribution in [0.1, 0.15) is 11.1 Å². The summed E-state index contributed by atoms with van der Waals surface area (Å²) in [6, 6.07) is 8.52. The van der Waals surface area contributed by atoms with E-state index in [0.29, 0.717) is 33.6 Å². The molecule has 0 radical (unpaired) electrons. The Bertz CT molecular complexity index is 773. The average molecular weight is 363 g/mol. The van der Waals surface area contributed by atoms with E-state index in [0.717, 1.165) is 5.56 Å². The maximum absolute atomic E-state index is 12.0. The molecule has 0 unspecified atom stereocenters. The van der Waals surface area contributed by atoms with Crippen LogP contribution in [0.25, 0.3) is 6.08 Å². The first-order valence-electron chi connectivity index (χ1n) is 7.44. The highest BCUT2D eigenvalue weighted by Gasteiger charge is 2.12. The number of methoxy groups -OCH3 is 3. The molecule has 2 rings (SSSR count). The fraction of sp³-hybridized carbons (Fsp3) is 0.211. The van der Waals surface area contributed by atoms with Crippen LogP contribution in [0.2, 0.25) is 5.02 Å². The lowest BCUT2D eigenvalue weighted by Crippen LogP contribution is -2.04. The molecule has 0 heterocycles. The molecule has 25 heavy (non-hydrogen) atoms. The summed E-state index contributed by atoms with van der Waals surface area (Å²) >= 11 is 5.89. The number of halogens is 1. The minimum absolute atomic E-state index is 0.462. The molecule has 0 aromatic heterocycles. The third-order valence-electron chi connectivity index (χ3n) is 3.45. The standard InChI is InChI=1S/C19H19ClO5/c1-12-9-14(20)6-7-15(12)25-18(21)8-5-13-10-16(22-2)19(24-4)17(11-13)23-3/h5-11H,1-4H3/b8-5+. The van der Waals surface area contributed by atoms with E-state index in [-0.39, 0.29) is 0 Å². The molecule has 0 saturated heterocycles. The van der Waals surface area contributed by atoms with Gasteiger partial charge in [-0.05, 0) is 54.5 Å². The lowest BCUT2D eigenvalue weighted by Gasteiger charge is -2.12. The fourth-order valence-corrected chi connectivity index (χ4v) is 2.46. The fourth-order valence-electron chi connectivity index (χ4n) is 2.23. The summed E-state index contributed by atoms with van der Waals surface area (Å²) in [5.41, 5.74) is 1.49. The van der Waals surface area contributed by atoms with E-state index in [1.165, 1.54) is 27.4 Å². The first kappa shape index (κ1) is 18.7. The van der Waals surface area contributed by atoms with E-state index in [1.807, 2.05) is 6.92 Å². The minimum Gasteiger partial charge on any atom is -0.493 e. The van der Waals surface area contributed by atoms with Crippen molar-refractivity contribution in [2.75, 3.05) is 21.3 Å². The highest BCUT2D eigenvalue weighted by atomic mass is 35.5. The molecule has 2 aromatic carbocycles. The molecule has 0 aliphatic carbocycles. The van der Waals surface area contributed by atoms with Crippen molar-refractivity contribution in [2.45, 2.75) is 6.92 Å². The number of benzene rings is 2. The van der Waals surface area contributed by atoms with Gasteiger partial charge in [0.1, 0.15) is 5.75 Å². The topological polar surface area (TPSA) is 54.0 Å². The Kier molecular flexibility index (Phi) is 6.31. The summed E-state index contributed by atoms with van der Waals surface area (Å²) in [6.07, 6.45) is 2.94. The van der Waals surface area contributed by atoms with Crippen molar-refractivity contribution in [3.05, 3.63) is 52.6 Å².